The lowest BCUT2D eigenvalue weighted by Gasteiger charge is -2.33. The van der Waals surface area contributed by atoms with Crippen molar-refractivity contribution in [2.45, 2.75) is 128 Å². The molecule has 95 heavy (non-hydrogen) atoms. The summed E-state index contributed by atoms with van der Waals surface area (Å²) in [5.41, 5.74) is 32.2. The summed E-state index contributed by atoms with van der Waals surface area (Å²) < 4.78 is 9.10. The molecule has 14 aromatic rings. The monoisotopic (exact) mass is 1230 g/mol. The first-order chi connectivity index (χ1) is 46.8. The molecule has 3 heteroatoms. The van der Waals surface area contributed by atoms with E-state index in [4.69, 9.17) is 4.42 Å². The Bertz CT molecular complexity index is 5190. The number of hydrogen-bond acceptors (Lipinski definition) is 2. The number of aromatic nitrogens is 1. The quantitative estimate of drug-likeness (QED) is 0.0709. The van der Waals surface area contributed by atoms with E-state index in [9.17, 15) is 0 Å². The Morgan fingerprint density at radius 1 is 0.337 bits per heavy atom. The Morgan fingerprint density at radius 3 is 1.48 bits per heavy atom. The standard InChI is InChI=1S/C92H82N2O/c1-5-7-9-11-13-23-54-91(55-24-14-12-10-8-6-2)82-57-62(4)36-49-73(82)74-50-42-66(59-83(74)91)65-43-53-86-78(58-65)77-56-61(3)37-52-85(77)94(86)68-46-40-64(41-47-68)63-38-44-67(45-39-63)93(87-33-25-35-89-90(87)76-29-18-22-34-88(76)95-89)69-48-51-75-72-28-17-21-32-81(72)92(84(75)60-69)79-30-19-15-26-70(79)71-27-16-20-31-80(71)92/h15-22,25-53,56-60H,5-14,23-24,54-55H2,1-4H3. The van der Waals surface area contributed by atoms with Gasteiger partial charge in [0, 0.05) is 38.6 Å². The summed E-state index contributed by atoms with van der Waals surface area (Å²) in [6, 6.07) is 97.0. The van der Waals surface area contributed by atoms with E-state index in [1.54, 1.807) is 11.1 Å². The molecule has 0 fully saturated rings. The van der Waals surface area contributed by atoms with E-state index >= 15 is 0 Å². The number of aryl methyl sites for hydroxylation is 2. The molecule has 2 heterocycles. The fourth-order valence-electron chi connectivity index (χ4n) is 17.7. The molecular weight excluding hydrogens is 1150 g/mol. The minimum atomic E-state index is -0.477. The van der Waals surface area contributed by atoms with Gasteiger partial charge in [0.2, 0.25) is 0 Å². The fraction of sp³-hybridized carbons (Fsp3) is 0.217. The Kier molecular flexibility index (Phi) is 14.9. The van der Waals surface area contributed by atoms with E-state index in [-0.39, 0.29) is 5.41 Å². The van der Waals surface area contributed by atoms with Crippen LogP contribution in [0.4, 0.5) is 17.1 Å². The predicted molar refractivity (Wildman–Crippen MR) is 402 cm³/mol. The minimum absolute atomic E-state index is 0.0256. The van der Waals surface area contributed by atoms with E-state index < -0.39 is 5.41 Å². The van der Waals surface area contributed by atoms with Crippen molar-refractivity contribution < 1.29 is 4.42 Å². The van der Waals surface area contributed by atoms with Crippen LogP contribution in [0.5, 0.6) is 0 Å². The fourth-order valence-corrected chi connectivity index (χ4v) is 17.7. The van der Waals surface area contributed by atoms with Gasteiger partial charge in [0.25, 0.3) is 0 Å². The summed E-state index contributed by atoms with van der Waals surface area (Å²) in [6.07, 6.45) is 18.3. The first-order valence-corrected chi connectivity index (χ1v) is 35.5. The molecule has 0 bridgehead atoms. The van der Waals surface area contributed by atoms with Crippen LogP contribution in [-0.4, -0.2) is 4.57 Å². The van der Waals surface area contributed by atoms with Gasteiger partial charge < -0.3 is 13.9 Å². The van der Waals surface area contributed by atoms with Crippen molar-refractivity contribution in [2.75, 3.05) is 4.90 Å². The number of unbranched alkanes of at least 4 members (excludes halogenated alkanes) is 10. The maximum absolute atomic E-state index is 6.62. The Hall–Kier alpha value is -9.96. The number of para-hydroxylation sites is 1. The molecule has 3 aliphatic carbocycles. The van der Waals surface area contributed by atoms with Gasteiger partial charge in [-0.25, -0.2) is 0 Å². The zero-order valence-electron chi connectivity index (χ0n) is 55.5. The topological polar surface area (TPSA) is 21.3 Å². The molecule has 466 valence electrons. The van der Waals surface area contributed by atoms with Gasteiger partial charge >= 0.3 is 0 Å². The highest BCUT2D eigenvalue weighted by Crippen LogP contribution is 2.64. The Morgan fingerprint density at radius 2 is 0.811 bits per heavy atom. The van der Waals surface area contributed by atoms with Crippen molar-refractivity contribution in [3.8, 4) is 61.3 Å². The van der Waals surface area contributed by atoms with E-state index in [0.717, 1.165) is 50.3 Å². The smallest absolute Gasteiger partial charge is 0.137 e. The molecule has 0 saturated carbocycles. The van der Waals surface area contributed by atoms with E-state index in [1.165, 1.54) is 195 Å². The van der Waals surface area contributed by atoms with E-state index in [1.807, 2.05) is 0 Å². The molecule has 0 unspecified atom stereocenters. The van der Waals surface area contributed by atoms with Crippen LogP contribution in [0.3, 0.4) is 0 Å². The zero-order valence-corrected chi connectivity index (χ0v) is 55.5. The van der Waals surface area contributed by atoms with Crippen LogP contribution in [0.1, 0.15) is 148 Å². The van der Waals surface area contributed by atoms with E-state index in [0.29, 0.717) is 0 Å². The minimum Gasteiger partial charge on any atom is -0.456 e. The van der Waals surface area contributed by atoms with Crippen LogP contribution < -0.4 is 4.90 Å². The van der Waals surface area contributed by atoms with Gasteiger partial charge in [0.1, 0.15) is 11.2 Å². The Labute approximate surface area is 560 Å². The van der Waals surface area contributed by atoms with Gasteiger partial charge in [-0.3, -0.25) is 0 Å². The third kappa shape index (κ3) is 9.58. The molecule has 3 nitrogen and oxygen atoms in total. The maximum atomic E-state index is 6.62. The second kappa shape index (κ2) is 24.1. The van der Waals surface area contributed by atoms with Gasteiger partial charge in [-0.2, -0.15) is 0 Å². The third-order valence-corrected chi connectivity index (χ3v) is 22.1. The van der Waals surface area contributed by atoms with Crippen molar-refractivity contribution >= 4 is 60.8 Å². The second-order valence-electron chi connectivity index (χ2n) is 27.8. The zero-order chi connectivity index (χ0) is 63.8. The highest BCUT2D eigenvalue weighted by molar-refractivity contribution is 6.14. The van der Waals surface area contributed by atoms with E-state index in [2.05, 4.69) is 292 Å². The molecule has 17 rings (SSSR count). The lowest BCUT2D eigenvalue weighted by Crippen LogP contribution is -2.26. The van der Waals surface area contributed by atoms with Crippen molar-refractivity contribution in [3.05, 3.63) is 299 Å². The van der Waals surface area contributed by atoms with Crippen LogP contribution >= 0.6 is 0 Å². The van der Waals surface area contributed by atoms with Gasteiger partial charge in [-0.1, -0.05) is 272 Å². The van der Waals surface area contributed by atoms with Crippen LogP contribution in [0.2, 0.25) is 0 Å². The molecule has 0 saturated heterocycles. The first kappa shape index (κ1) is 58.8. The van der Waals surface area contributed by atoms with Crippen LogP contribution in [0, 0.1) is 13.8 Å². The van der Waals surface area contributed by atoms with Crippen LogP contribution in [-0.2, 0) is 10.8 Å². The molecule has 0 amide bonds. The Balaban J connectivity index is 0.727. The molecule has 12 aromatic carbocycles. The van der Waals surface area contributed by atoms with Crippen molar-refractivity contribution in [3.63, 3.8) is 0 Å². The summed E-state index contributed by atoms with van der Waals surface area (Å²) in [6.45, 7) is 9.18. The highest BCUT2D eigenvalue weighted by Gasteiger charge is 2.52. The lowest BCUT2D eigenvalue weighted by molar-refractivity contribution is 0.398. The summed E-state index contributed by atoms with van der Waals surface area (Å²) >= 11 is 0. The number of anilines is 3. The number of fused-ring (bicyclic) bond motifs is 19. The summed E-state index contributed by atoms with van der Waals surface area (Å²) in [7, 11) is 0. The SMILES string of the molecule is CCCCCCCCC1(CCCCCCCC)c2cc(C)ccc2-c2ccc(-c3ccc4c(c3)c3cc(C)ccc3n4-c3ccc(-c4ccc(N(c5ccc6c(c5)C5(c7ccccc7-c7ccccc75)c5ccccc5-6)c5cccc6oc7ccccc7c56)cc4)cc3)cc21. The van der Waals surface area contributed by atoms with Gasteiger partial charge in [-0.15, -0.1) is 0 Å². The van der Waals surface area contributed by atoms with Gasteiger partial charge in [0.05, 0.1) is 27.5 Å². The molecule has 0 aliphatic heterocycles. The highest BCUT2D eigenvalue weighted by atomic mass is 16.3. The average molecular weight is 1230 g/mol. The normalized spacial score (nSPS) is 13.6. The number of nitrogens with zero attached hydrogens (tertiary/aromatic N) is 2. The number of hydrogen-bond donors (Lipinski definition) is 0. The number of rotatable bonds is 20. The molecule has 0 N–H and O–H groups in total. The molecule has 2 aromatic heterocycles. The summed E-state index contributed by atoms with van der Waals surface area (Å²) in [4.78, 5) is 2.46. The lowest BCUT2D eigenvalue weighted by atomic mass is 9.70. The van der Waals surface area contributed by atoms with Crippen LogP contribution in [0.15, 0.2) is 259 Å². The molecular formula is C92H82N2O. The maximum Gasteiger partial charge on any atom is 0.137 e. The van der Waals surface area contributed by atoms with Crippen molar-refractivity contribution in [2.24, 2.45) is 0 Å². The molecule has 3 aliphatic rings. The number of benzene rings is 12. The molecule has 0 atom stereocenters. The van der Waals surface area contributed by atoms with Gasteiger partial charge in [-0.05, 0) is 201 Å². The molecule has 0 radical (unpaired) electrons. The summed E-state index contributed by atoms with van der Waals surface area (Å²) in [5.74, 6) is 0. The van der Waals surface area contributed by atoms with Gasteiger partial charge in [0.15, 0.2) is 0 Å². The predicted octanol–water partition coefficient (Wildman–Crippen LogP) is 26.2. The number of furan rings is 1. The third-order valence-electron chi connectivity index (χ3n) is 22.1. The largest absolute Gasteiger partial charge is 0.456 e. The van der Waals surface area contributed by atoms with Crippen molar-refractivity contribution in [1.29, 1.82) is 0 Å². The first-order valence-electron chi connectivity index (χ1n) is 35.5. The molecule has 1 spiro atoms. The average Bonchev–Trinajstić information content (AvgIpc) is 1.51. The van der Waals surface area contributed by atoms with Crippen LogP contribution in [0.25, 0.3) is 105 Å². The summed E-state index contributed by atoms with van der Waals surface area (Å²) in [5, 5.41) is 4.77. The van der Waals surface area contributed by atoms with Crippen molar-refractivity contribution in [1.82, 2.24) is 4.57 Å². The second-order valence-corrected chi connectivity index (χ2v) is 27.8.